The third-order valence-electron chi connectivity index (χ3n) is 4.03. The van der Waals surface area contributed by atoms with Gasteiger partial charge in [0, 0.05) is 20.0 Å². The maximum absolute atomic E-state index is 11.7. The van der Waals surface area contributed by atoms with Crippen molar-refractivity contribution < 1.29 is 38.4 Å². The molecule has 0 bridgehead atoms. The number of methoxy groups -OCH3 is 1. The van der Waals surface area contributed by atoms with Crippen LogP contribution in [0.2, 0.25) is 0 Å². The molecule has 0 saturated carbocycles. The van der Waals surface area contributed by atoms with Crippen LogP contribution in [0.25, 0.3) is 0 Å². The quantitative estimate of drug-likeness (QED) is 0.681. The molecule has 1 N–H and O–H groups in total. The molecule has 0 aromatic carbocycles. The van der Waals surface area contributed by atoms with E-state index in [0.717, 1.165) is 0 Å². The van der Waals surface area contributed by atoms with Crippen molar-refractivity contribution in [3.05, 3.63) is 0 Å². The lowest BCUT2D eigenvalue weighted by molar-refractivity contribution is -0.220. The van der Waals surface area contributed by atoms with Gasteiger partial charge in [-0.1, -0.05) is 13.8 Å². The van der Waals surface area contributed by atoms with Gasteiger partial charge < -0.3 is 24.1 Å². The van der Waals surface area contributed by atoms with Crippen molar-refractivity contribution in [3.8, 4) is 0 Å². The molecule has 0 aromatic rings. The smallest absolute Gasteiger partial charge is 0.336 e. The zero-order valence-corrected chi connectivity index (χ0v) is 13.9. The van der Waals surface area contributed by atoms with Crippen LogP contribution >= 0.6 is 0 Å². The molecule has 1 aliphatic heterocycles. The highest BCUT2D eigenvalue weighted by Crippen LogP contribution is 2.33. The Bertz CT molecular complexity index is 449. The molecule has 1 fully saturated rings. The van der Waals surface area contributed by atoms with Gasteiger partial charge in [-0.25, -0.2) is 4.79 Å². The molecule has 0 amide bonds. The van der Waals surface area contributed by atoms with Crippen LogP contribution in [-0.4, -0.2) is 61.1 Å². The highest BCUT2D eigenvalue weighted by atomic mass is 16.6. The van der Waals surface area contributed by atoms with Gasteiger partial charge >= 0.3 is 17.9 Å². The van der Waals surface area contributed by atoms with E-state index in [9.17, 15) is 19.5 Å². The summed E-state index contributed by atoms with van der Waals surface area (Å²) >= 11 is 0. The summed E-state index contributed by atoms with van der Waals surface area (Å²) in [5.41, 5.74) is -1.64. The highest BCUT2D eigenvalue weighted by Gasteiger charge is 2.53. The fraction of sp³-hybridized carbons (Fsp3) is 0.800. The molecule has 4 atom stereocenters. The van der Waals surface area contributed by atoms with Crippen molar-refractivity contribution in [3.63, 3.8) is 0 Å². The third-order valence-corrected chi connectivity index (χ3v) is 4.03. The Hall–Kier alpha value is -1.67. The number of ether oxygens (including phenoxy) is 4. The minimum atomic E-state index is -1.64. The molecule has 0 radical (unpaired) electrons. The number of aliphatic carboxylic acids is 1. The standard InChI is InChI=1S/C15H24O8/c1-5-11(16)22-10-8-21-7-9(13(10)23-12(17)6-2)15(3,20-4)14(18)19/h9-10,13H,5-8H2,1-4H3,(H,18,19)/t9?,10-,13+,15?/m1/s1. The van der Waals surface area contributed by atoms with Gasteiger partial charge in [0.05, 0.1) is 19.1 Å². The molecule has 0 spiro atoms. The first kappa shape index (κ1) is 19.4. The molecular formula is C15H24O8. The lowest BCUT2D eigenvalue weighted by Gasteiger charge is -2.42. The monoisotopic (exact) mass is 332 g/mol. The minimum absolute atomic E-state index is 0.0124. The van der Waals surface area contributed by atoms with E-state index in [1.54, 1.807) is 13.8 Å². The Kier molecular flexibility index (Phi) is 6.96. The summed E-state index contributed by atoms with van der Waals surface area (Å²) < 4.78 is 21.2. The van der Waals surface area contributed by atoms with Gasteiger partial charge in [0.25, 0.3) is 0 Å². The maximum Gasteiger partial charge on any atom is 0.336 e. The van der Waals surface area contributed by atoms with E-state index < -0.39 is 41.6 Å². The van der Waals surface area contributed by atoms with Gasteiger partial charge in [0.15, 0.2) is 11.7 Å². The summed E-state index contributed by atoms with van der Waals surface area (Å²) in [4.78, 5) is 34.9. The average Bonchev–Trinajstić information content (AvgIpc) is 2.54. The number of hydrogen-bond donors (Lipinski definition) is 1. The third kappa shape index (κ3) is 4.42. The van der Waals surface area contributed by atoms with Crippen molar-refractivity contribution in [1.82, 2.24) is 0 Å². The summed E-state index contributed by atoms with van der Waals surface area (Å²) in [5.74, 6) is -3.02. The van der Waals surface area contributed by atoms with Crippen molar-refractivity contribution in [2.75, 3.05) is 20.3 Å². The Labute approximate surface area is 135 Å². The number of carbonyl (C=O) groups is 3. The van der Waals surface area contributed by atoms with Gasteiger partial charge in [-0.2, -0.15) is 0 Å². The predicted molar refractivity (Wildman–Crippen MR) is 77.7 cm³/mol. The second-order valence-corrected chi connectivity index (χ2v) is 5.45. The fourth-order valence-electron chi connectivity index (χ4n) is 2.38. The number of hydrogen-bond acceptors (Lipinski definition) is 7. The molecule has 0 aromatic heterocycles. The van der Waals surface area contributed by atoms with E-state index in [1.165, 1.54) is 14.0 Å². The predicted octanol–water partition coefficient (Wildman–Crippen LogP) is 0.766. The van der Waals surface area contributed by atoms with Crippen molar-refractivity contribution in [1.29, 1.82) is 0 Å². The zero-order chi connectivity index (χ0) is 17.6. The van der Waals surface area contributed by atoms with Crippen LogP contribution in [0.3, 0.4) is 0 Å². The molecule has 1 heterocycles. The highest BCUT2D eigenvalue weighted by molar-refractivity contribution is 5.78. The van der Waals surface area contributed by atoms with Gasteiger partial charge in [0.1, 0.15) is 6.10 Å². The maximum atomic E-state index is 11.7. The molecule has 0 aliphatic carbocycles. The second-order valence-electron chi connectivity index (χ2n) is 5.45. The van der Waals surface area contributed by atoms with Gasteiger partial charge in [-0.15, -0.1) is 0 Å². The number of carbonyl (C=O) groups excluding carboxylic acids is 2. The topological polar surface area (TPSA) is 108 Å². The van der Waals surface area contributed by atoms with Crippen molar-refractivity contribution in [2.45, 2.75) is 51.4 Å². The first-order valence-electron chi connectivity index (χ1n) is 7.55. The van der Waals surface area contributed by atoms with E-state index in [0.29, 0.717) is 0 Å². The normalized spacial score (nSPS) is 26.9. The fourth-order valence-corrected chi connectivity index (χ4v) is 2.38. The Morgan fingerprint density at radius 3 is 2.17 bits per heavy atom. The van der Waals surface area contributed by atoms with Crippen LogP contribution in [0.1, 0.15) is 33.6 Å². The molecule has 132 valence electrons. The largest absolute Gasteiger partial charge is 0.479 e. The van der Waals surface area contributed by atoms with Crippen molar-refractivity contribution >= 4 is 17.9 Å². The Morgan fingerprint density at radius 2 is 1.70 bits per heavy atom. The van der Waals surface area contributed by atoms with E-state index in [2.05, 4.69) is 0 Å². The summed E-state index contributed by atoms with van der Waals surface area (Å²) in [6, 6.07) is 0. The first-order chi connectivity index (χ1) is 10.8. The average molecular weight is 332 g/mol. The van der Waals surface area contributed by atoms with Crippen LogP contribution in [0.4, 0.5) is 0 Å². The lowest BCUT2D eigenvalue weighted by Crippen LogP contribution is -2.59. The van der Waals surface area contributed by atoms with E-state index in [1.807, 2.05) is 0 Å². The van der Waals surface area contributed by atoms with E-state index in [-0.39, 0.29) is 26.1 Å². The van der Waals surface area contributed by atoms with Crippen LogP contribution < -0.4 is 0 Å². The van der Waals surface area contributed by atoms with Crippen LogP contribution in [-0.2, 0) is 33.3 Å². The van der Waals surface area contributed by atoms with Crippen LogP contribution in [0, 0.1) is 5.92 Å². The molecule has 1 aliphatic rings. The molecule has 1 rings (SSSR count). The lowest BCUT2D eigenvalue weighted by atomic mass is 9.81. The second kappa shape index (κ2) is 8.26. The first-order valence-corrected chi connectivity index (χ1v) is 7.55. The number of carboxylic acid groups (broad SMARTS) is 1. The molecule has 2 unspecified atom stereocenters. The molecule has 8 nitrogen and oxygen atoms in total. The summed E-state index contributed by atoms with van der Waals surface area (Å²) in [6.45, 7) is 4.67. The molecular weight excluding hydrogens is 308 g/mol. The number of rotatable bonds is 7. The SMILES string of the molecule is CCC(=O)O[C@@H]1COCC(C(C)(OC)C(=O)O)[C@@H]1OC(=O)CC. The van der Waals surface area contributed by atoms with Gasteiger partial charge in [0.2, 0.25) is 0 Å². The van der Waals surface area contributed by atoms with Crippen LogP contribution in [0.5, 0.6) is 0 Å². The summed E-state index contributed by atoms with van der Waals surface area (Å²) in [6.07, 6.45) is -1.55. The van der Waals surface area contributed by atoms with E-state index in [4.69, 9.17) is 18.9 Å². The van der Waals surface area contributed by atoms with Gasteiger partial charge in [-0.3, -0.25) is 9.59 Å². The minimum Gasteiger partial charge on any atom is -0.479 e. The summed E-state index contributed by atoms with van der Waals surface area (Å²) in [5, 5.41) is 9.48. The molecule has 1 saturated heterocycles. The Balaban J connectivity index is 3.11. The van der Waals surface area contributed by atoms with E-state index >= 15 is 0 Å². The Morgan fingerprint density at radius 1 is 1.13 bits per heavy atom. The zero-order valence-electron chi connectivity index (χ0n) is 13.9. The molecule has 8 heteroatoms. The summed E-state index contributed by atoms with van der Waals surface area (Å²) in [7, 11) is 1.26. The van der Waals surface area contributed by atoms with Crippen molar-refractivity contribution in [2.24, 2.45) is 5.92 Å². The van der Waals surface area contributed by atoms with Gasteiger partial charge in [-0.05, 0) is 6.92 Å². The molecule has 23 heavy (non-hydrogen) atoms. The van der Waals surface area contributed by atoms with Crippen LogP contribution in [0.15, 0.2) is 0 Å². The number of carboxylic acids is 1. The number of esters is 2.